The minimum absolute atomic E-state index is 0.287. The lowest BCUT2D eigenvalue weighted by atomic mass is 9.96. The van der Waals surface area contributed by atoms with Gasteiger partial charge in [0.1, 0.15) is 23.3 Å². The molecule has 1 aliphatic rings. The Morgan fingerprint density at radius 2 is 2.05 bits per heavy atom. The first-order valence-electron chi connectivity index (χ1n) is 7.05. The van der Waals surface area contributed by atoms with Gasteiger partial charge in [0.2, 0.25) is 0 Å². The number of urea groups is 1. The lowest BCUT2D eigenvalue weighted by Gasteiger charge is -2.22. The zero-order valence-electron chi connectivity index (χ0n) is 12.4. The first-order valence-corrected chi connectivity index (χ1v) is 7.05. The smallest absolute Gasteiger partial charge is 0.325 e. The third-order valence-electron chi connectivity index (χ3n) is 3.77. The van der Waals surface area contributed by atoms with Gasteiger partial charge >= 0.3 is 6.03 Å². The van der Waals surface area contributed by atoms with E-state index in [1.165, 1.54) is 0 Å². The third kappa shape index (κ3) is 2.94. The molecule has 1 aromatic rings. The Morgan fingerprint density at radius 3 is 2.68 bits per heavy atom. The fourth-order valence-electron chi connectivity index (χ4n) is 2.62. The van der Waals surface area contributed by atoms with Gasteiger partial charge < -0.3 is 10.4 Å². The number of carbonyl (C=O) groups is 2. The van der Waals surface area contributed by atoms with Crippen LogP contribution in [-0.2, 0) is 4.79 Å². The van der Waals surface area contributed by atoms with Gasteiger partial charge in [-0.1, -0.05) is 13.3 Å². The van der Waals surface area contributed by atoms with Gasteiger partial charge in [0.05, 0.1) is 6.54 Å². The summed E-state index contributed by atoms with van der Waals surface area (Å²) in [5, 5.41) is 12.6. The largest absolute Gasteiger partial charge is 0.386 e. The standard InChI is InChI=1S/C15H18F2N2O3/c1-3-6-15(2)13(21)19(14(22)18-15)8-12(20)10-7-9(16)4-5-11(10)17/h4-5,7,12,20H,3,6,8H2,1-2H3,(H,18,22)/t12-,15+/m0/s1. The fourth-order valence-corrected chi connectivity index (χ4v) is 2.62. The number of benzene rings is 1. The van der Waals surface area contributed by atoms with E-state index in [1.54, 1.807) is 6.92 Å². The number of aliphatic hydroxyl groups is 1. The van der Waals surface area contributed by atoms with Crippen molar-refractivity contribution in [2.75, 3.05) is 6.54 Å². The first kappa shape index (κ1) is 16.4. The molecule has 1 aliphatic heterocycles. The van der Waals surface area contributed by atoms with E-state index in [0.717, 1.165) is 23.1 Å². The summed E-state index contributed by atoms with van der Waals surface area (Å²) >= 11 is 0. The number of nitrogens with zero attached hydrogens (tertiary/aromatic N) is 1. The van der Waals surface area contributed by atoms with Crippen LogP contribution in [0.3, 0.4) is 0 Å². The molecule has 1 saturated heterocycles. The number of hydrogen-bond acceptors (Lipinski definition) is 3. The van der Waals surface area contributed by atoms with Crippen molar-refractivity contribution in [3.05, 3.63) is 35.4 Å². The molecule has 22 heavy (non-hydrogen) atoms. The molecule has 1 heterocycles. The van der Waals surface area contributed by atoms with Gasteiger partial charge in [-0.05, 0) is 31.5 Å². The number of hydrogen-bond donors (Lipinski definition) is 2. The third-order valence-corrected chi connectivity index (χ3v) is 3.77. The van der Waals surface area contributed by atoms with Crippen LogP contribution in [0.2, 0.25) is 0 Å². The molecule has 0 radical (unpaired) electrons. The molecule has 0 aromatic heterocycles. The minimum Gasteiger partial charge on any atom is -0.386 e. The minimum atomic E-state index is -1.49. The summed E-state index contributed by atoms with van der Waals surface area (Å²) in [4.78, 5) is 25.1. The van der Waals surface area contributed by atoms with Crippen molar-refractivity contribution >= 4 is 11.9 Å². The van der Waals surface area contributed by atoms with E-state index in [9.17, 15) is 23.5 Å². The van der Waals surface area contributed by atoms with Crippen molar-refractivity contribution in [2.45, 2.75) is 38.3 Å². The number of amides is 3. The van der Waals surface area contributed by atoms with E-state index in [-0.39, 0.29) is 5.56 Å². The number of imide groups is 1. The molecule has 3 amide bonds. The predicted octanol–water partition coefficient (Wildman–Crippen LogP) is 2.11. The van der Waals surface area contributed by atoms with E-state index in [4.69, 9.17) is 0 Å². The molecule has 0 spiro atoms. The normalized spacial score (nSPS) is 22.9. The zero-order chi connectivity index (χ0) is 16.5. The van der Waals surface area contributed by atoms with Crippen molar-refractivity contribution in [3.63, 3.8) is 0 Å². The van der Waals surface area contributed by atoms with Gasteiger partial charge in [-0.15, -0.1) is 0 Å². The number of aliphatic hydroxyl groups excluding tert-OH is 1. The second-order valence-corrected chi connectivity index (χ2v) is 5.61. The SMILES string of the molecule is CCC[C@@]1(C)NC(=O)N(C[C@H](O)c2cc(F)ccc2F)C1=O. The van der Waals surface area contributed by atoms with Crippen LogP contribution in [0.25, 0.3) is 0 Å². The molecular formula is C15H18F2N2O3. The molecule has 2 atom stereocenters. The predicted molar refractivity (Wildman–Crippen MR) is 74.9 cm³/mol. The zero-order valence-corrected chi connectivity index (χ0v) is 12.4. The molecule has 0 saturated carbocycles. The summed E-state index contributed by atoms with van der Waals surface area (Å²) in [6.07, 6.45) is -0.343. The highest BCUT2D eigenvalue weighted by molar-refractivity contribution is 6.06. The van der Waals surface area contributed by atoms with Crippen LogP contribution < -0.4 is 5.32 Å². The quantitative estimate of drug-likeness (QED) is 0.818. The van der Waals surface area contributed by atoms with Gasteiger partial charge in [-0.3, -0.25) is 9.69 Å². The molecule has 0 bridgehead atoms. The summed E-state index contributed by atoms with van der Waals surface area (Å²) < 4.78 is 26.8. The Bertz CT molecular complexity index is 608. The molecule has 7 heteroatoms. The first-order chi connectivity index (χ1) is 10.3. The number of rotatable bonds is 5. The highest BCUT2D eigenvalue weighted by Gasteiger charge is 2.47. The van der Waals surface area contributed by atoms with Gasteiger partial charge in [0, 0.05) is 5.56 Å². The Balaban J connectivity index is 2.18. The summed E-state index contributed by atoms with van der Waals surface area (Å²) in [6, 6.07) is 2.03. The second-order valence-electron chi connectivity index (χ2n) is 5.61. The van der Waals surface area contributed by atoms with Crippen LogP contribution in [0, 0.1) is 11.6 Å². The molecule has 2 rings (SSSR count). The topological polar surface area (TPSA) is 69.6 Å². The maximum absolute atomic E-state index is 13.6. The average Bonchev–Trinajstić information content (AvgIpc) is 2.65. The highest BCUT2D eigenvalue weighted by atomic mass is 19.1. The summed E-state index contributed by atoms with van der Waals surface area (Å²) in [5.41, 5.74) is -1.31. The molecule has 1 fully saturated rings. The molecule has 2 N–H and O–H groups in total. The van der Waals surface area contributed by atoms with Crippen LogP contribution >= 0.6 is 0 Å². The lowest BCUT2D eigenvalue weighted by molar-refractivity contribution is -0.132. The lowest BCUT2D eigenvalue weighted by Crippen LogP contribution is -2.44. The summed E-state index contributed by atoms with van der Waals surface area (Å²) in [7, 11) is 0. The van der Waals surface area contributed by atoms with E-state index >= 15 is 0 Å². The molecule has 0 aliphatic carbocycles. The van der Waals surface area contributed by atoms with Crippen molar-refractivity contribution in [1.29, 1.82) is 0 Å². The second kappa shape index (κ2) is 6.00. The van der Waals surface area contributed by atoms with Gasteiger partial charge in [0.25, 0.3) is 5.91 Å². The Labute approximate surface area is 126 Å². The van der Waals surface area contributed by atoms with Crippen molar-refractivity contribution in [2.24, 2.45) is 0 Å². The van der Waals surface area contributed by atoms with Crippen LogP contribution in [0.4, 0.5) is 13.6 Å². The van der Waals surface area contributed by atoms with Crippen LogP contribution in [0.1, 0.15) is 38.4 Å². The summed E-state index contributed by atoms with van der Waals surface area (Å²) in [6.45, 7) is 3.06. The maximum atomic E-state index is 13.6. The van der Waals surface area contributed by atoms with Crippen molar-refractivity contribution in [3.8, 4) is 0 Å². The Morgan fingerprint density at radius 1 is 1.36 bits per heavy atom. The Kier molecular flexibility index (Phi) is 4.46. The molecule has 5 nitrogen and oxygen atoms in total. The highest BCUT2D eigenvalue weighted by Crippen LogP contribution is 2.26. The number of carbonyl (C=O) groups excluding carboxylic acids is 2. The number of β-amino-alcohol motifs (C(OH)–C–C–N with tert-alkyl or cyclic N) is 1. The summed E-state index contributed by atoms with van der Waals surface area (Å²) in [5.74, 6) is -1.98. The maximum Gasteiger partial charge on any atom is 0.325 e. The Hall–Kier alpha value is -2.02. The molecule has 0 unspecified atom stereocenters. The number of halogens is 2. The van der Waals surface area contributed by atoms with Crippen LogP contribution in [-0.4, -0.2) is 34.0 Å². The molecule has 120 valence electrons. The van der Waals surface area contributed by atoms with Crippen LogP contribution in [0.5, 0.6) is 0 Å². The number of nitrogens with one attached hydrogen (secondary N) is 1. The van der Waals surface area contributed by atoms with E-state index in [1.807, 2.05) is 6.92 Å². The average molecular weight is 312 g/mol. The van der Waals surface area contributed by atoms with Crippen LogP contribution in [0.15, 0.2) is 18.2 Å². The van der Waals surface area contributed by atoms with Crippen molar-refractivity contribution < 1.29 is 23.5 Å². The van der Waals surface area contributed by atoms with E-state index < -0.39 is 41.8 Å². The monoisotopic (exact) mass is 312 g/mol. The van der Waals surface area contributed by atoms with Gasteiger partial charge in [0.15, 0.2) is 0 Å². The van der Waals surface area contributed by atoms with E-state index in [2.05, 4.69) is 5.32 Å². The fraction of sp³-hybridized carbons (Fsp3) is 0.467. The van der Waals surface area contributed by atoms with Crippen molar-refractivity contribution in [1.82, 2.24) is 10.2 Å². The van der Waals surface area contributed by atoms with Gasteiger partial charge in [-0.2, -0.15) is 0 Å². The van der Waals surface area contributed by atoms with Gasteiger partial charge in [-0.25, -0.2) is 13.6 Å². The molecule has 1 aromatic carbocycles. The van der Waals surface area contributed by atoms with E-state index in [0.29, 0.717) is 12.8 Å². The molecular weight excluding hydrogens is 294 g/mol.